The van der Waals surface area contributed by atoms with Crippen LogP contribution < -0.4 is 4.74 Å². The van der Waals surface area contributed by atoms with Crippen LogP contribution in [-0.2, 0) is 9.53 Å². The molecule has 0 spiro atoms. The van der Waals surface area contributed by atoms with Gasteiger partial charge in [0.2, 0.25) is 0 Å². The van der Waals surface area contributed by atoms with E-state index >= 15 is 0 Å². The van der Waals surface area contributed by atoms with Crippen LogP contribution in [0.2, 0.25) is 0 Å². The summed E-state index contributed by atoms with van der Waals surface area (Å²) in [5.74, 6) is -1.05. The van der Waals surface area contributed by atoms with E-state index in [1.165, 1.54) is 25.4 Å². The molecule has 1 aromatic heterocycles. The number of carboxylic acids is 1. The molecule has 1 rings (SSSR count). The molecule has 1 heterocycles. The Kier molecular flexibility index (Phi) is 4.26. The van der Waals surface area contributed by atoms with Crippen molar-refractivity contribution in [3.05, 3.63) is 24.0 Å². The van der Waals surface area contributed by atoms with E-state index in [2.05, 4.69) is 9.72 Å². The summed E-state index contributed by atoms with van der Waals surface area (Å²) in [6.45, 7) is 0.167. The lowest BCUT2D eigenvalue weighted by molar-refractivity contribution is -0.141. The molecule has 0 radical (unpaired) electrons. The third-order valence-electron chi connectivity index (χ3n) is 1.76. The Labute approximate surface area is 91.8 Å². The minimum atomic E-state index is -1.10. The summed E-state index contributed by atoms with van der Waals surface area (Å²) < 4.78 is 9.58. The van der Waals surface area contributed by atoms with Crippen molar-refractivity contribution in [3.63, 3.8) is 0 Å². The molecule has 0 aromatic carbocycles. The van der Waals surface area contributed by atoms with E-state index in [1.807, 2.05) is 0 Å². The Balaban J connectivity index is 2.43. The van der Waals surface area contributed by atoms with Crippen molar-refractivity contribution in [2.75, 3.05) is 13.7 Å². The molecule has 0 amide bonds. The van der Waals surface area contributed by atoms with Gasteiger partial charge in [-0.15, -0.1) is 0 Å². The maximum absolute atomic E-state index is 10.7. The number of hydrogen-bond acceptors (Lipinski definition) is 5. The Bertz CT molecular complexity index is 373. The van der Waals surface area contributed by atoms with E-state index in [0.29, 0.717) is 5.75 Å². The van der Waals surface area contributed by atoms with Crippen LogP contribution in [0.4, 0.5) is 0 Å². The van der Waals surface area contributed by atoms with Gasteiger partial charge in [0.15, 0.2) is 0 Å². The molecule has 86 valence electrons. The molecule has 0 bridgehead atoms. The van der Waals surface area contributed by atoms with Crippen molar-refractivity contribution < 1.29 is 24.2 Å². The number of carboxylic acid groups (broad SMARTS) is 1. The van der Waals surface area contributed by atoms with Gasteiger partial charge < -0.3 is 14.6 Å². The third kappa shape index (κ3) is 3.56. The predicted molar refractivity (Wildman–Crippen MR) is 53.3 cm³/mol. The Hall–Kier alpha value is -2.11. The molecule has 0 aliphatic carbocycles. The number of carbonyl (C=O) groups excluding carboxylic acids is 1. The molecule has 0 fully saturated rings. The normalized spacial score (nSPS) is 9.56. The zero-order chi connectivity index (χ0) is 12.0. The summed E-state index contributed by atoms with van der Waals surface area (Å²) >= 11 is 0. The SMILES string of the molecule is COC(=O)CCOc1ccc(C(=O)O)nc1. The average molecular weight is 225 g/mol. The molecular formula is C10H11NO5. The van der Waals surface area contributed by atoms with E-state index in [9.17, 15) is 9.59 Å². The fourth-order valence-electron chi connectivity index (χ4n) is 0.946. The number of esters is 1. The molecule has 6 nitrogen and oxygen atoms in total. The molecule has 6 heteroatoms. The van der Waals surface area contributed by atoms with Crippen molar-refractivity contribution in [1.82, 2.24) is 4.98 Å². The zero-order valence-corrected chi connectivity index (χ0v) is 8.67. The van der Waals surface area contributed by atoms with Crippen LogP contribution >= 0.6 is 0 Å². The minimum absolute atomic E-state index is 0.0553. The predicted octanol–water partition coefficient (Wildman–Crippen LogP) is 0.722. The Morgan fingerprint density at radius 1 is 1.44 bits per heavy atom. The number of ether oxygens (including phenoxy) is 2. The number of aromatic nitrogens is 1. The third-order valence-corrected chi connectivity index (χ3v) is 1.76. The second-order valence-corrected chi connectivity index (χ2v) is 2.86. The van der Waals surface area contributed by atoms with Crippen molar-refractivity contribution in [2.45, 2.75) is 6.42 Å². The molecule has 1 N–H and O–H groups in total. The first-order valence-corrected chi connectivity index (χ1v) is 4.52. The Morgan fingerprint density at radius 2 is 2.19 bits per heavy atom. The van der Waals surface area contributed by atoms with Gasteiger partial charge in [-0.2, -0.15) is 0 Å². The van der Waals surface area contributed by atoms with E-state index in [-0.39, 0.29) is 24.7 Å². The summed E-state index contributed by atoms with van der Waals surface area (Å²) in [6, 6.07) is 2.81. The average Bonchev–Trinajstić information content (AvgIpc) is 2.29. The van der Waals surface area contributed by atoms with Crippen LogP contribution in [0.3, 0.4) is 0 Å². The van der Waals surface area contributed by atoms with Crippen LogP contribution in [-0.4, -0.2) is 35.7 Å². The van der Waals surface area contributed by atoms with Crippen LogP contribution in [0.5, 0.6) is 5.75 Å². The van der Waals surface area contributed by atoms with Gasteiger partial charge in [-0.05, 0) is 12.1 Å². The van der Waals surface area contributed by atoms with Gasteiger partial charge in [-0.1, -0.05) is 0 Å². The topological polar surface area (TPSA) is 85.7 Å². The van der Waals surface area contributed by atoms with Crippen molar-refractivity contribution in [1.29, 1.82) is 0 Å². The van der Waals surface area contributed by atoms with Gasteiger partial charge in [0.25, 0.3) is 0 Å². The largest absolute Gasteiger partial charge is 0.491 e. The minimum Gasteiger partial charge on any atom is -0.491 e. The van der Waals surface area contributed by atoms with E-state index in [4.69, 9.17) is 9.84 Å². The van der Waals surface area contributed by atoms with Gasteiger partial charge in [-0.3, -0.25) is 4.79 Å². The first-order chi connectivity index (χ1) is 7.63. The van der Waals surface area contributed by atoms with Gasteiger partial charge in [-0.25, -0.2) is 9.78 Å². The van der Waals surface area contributed by atoms with Crippen LogP contribution in [0.15, 0.2) is 18.3 Å². The molecule has 0 saturated carbocycles. The van der Waals surface area contributed by atoms with Gasteiger partial charge in [0.1, 0.15) is 11.4 Å². The summed E-state index contributed by atoms with van der Waals surface area (Å²) in [5, 5.41) is 8.59. The standard InChI is InChI=1S/C10H11NO5/c1-15-9(12)4-5-16-7-2-3-8(10(13)14)11-6-7/h2-3,6H,4-5H2,1H3,(H,13,14). The molecule has 1 aromatic rings. The van der Waals surface area contributed by atoms with Crippen molar-refractivity contribution >= 4 is 11.9 Å². The highest BCUT2D eigenvalue weighted by molar-refractivity contribution is 5.85. The Morgan fingerprint density at radius 3 is 2.69 bits per heavy atom. The van der Waals surface area contributed by atoms with Gasteiger partial charge in [0.05, 0.1) is 26.3 Å². The number of methoxy groups -OCH3 is 1. The summed E-state index contributed by atoms with van der Waals surface area (Å²) in [5.41, 5.74) is -0.0553. The van der Waals surface area contributed by atoms with Crippen molar-refractivity contribution in [3.8, 4) is 5.75 Å². The fraction of sp³-hybridized carbons (Fsp3) is 0.300. The smallest absolute Gasteiger partial charge is 0.354 e. The molecule has 0 atom stereocenters. The molecule has 0 saturated heterocycles. The van der Waals surface area contributed by atoms with E-state index in [0.717, 1.165) is 0 Å². The highest BCUT2D eigenvalue weighted by Gasteiger charge is 2.04. The molecule has 16 heavy (non-hydrogen) atoms. The monoisotopic (exact) mass is 225 g/mol. The number of nitrogens with zero attached hydrogens (tertiary/aromatic N) is 1. The summed E-state index contributed by atoms with van der Waals surface area (Å²) in [6.07, 6.45) is 1.43. The van der Waals surface area contributed by atoms with E-state index < -0.39 is 5.97 Å². The maximum Gasteiger partial charge on any atom is 0.354 e. The molecule has 0 aliphatic heterocycles. The number of hydrogen-bond donors (Lipinski definition) is 1. The lowest BCUT2D eigenvalue weighted by Crippen LogP contribution is -2.08. The highest BCUT2D eigenvalue weighted by Crippen LogP contribution is 2.09. The highest BCUT2D eigenvalue weighted by atomic mass is 16.5. The quantitative estimate of drug-likeness (QED) is 0.743. The lowest BCUT2D eigenvalue weighted by atomic mass is 10.3. The first kappa shape index (κ1) is 12.0. The second kappa shape index (κ2) is 5.69. The summed E-state index contributed by atoms with van der Waals surface area (Å²) in [7, 11) is 1.30. The fourth-order valence-corrected chi connectivity index (χ4v) is 0.946. The zero-order valence-electron chi connectivity index (χ0n) is 8.67. The van der Waals surface area contributed by atoms with Crippen LogP contribution in [0.1, 0.15) is 16.9 Å². The van der Waals surface area contributed by atoms with Crippen LogP contribution in [0.25, 0.3) is 0 Å². The van der Waals surface area contributed by atoms with Gasteiger partial charge >= 0.3 is 11.9 Å². The number of carbonyl (C=O) groups is 2. The molecule has 0 aliphatic rings. The number of rotatable bonds is 5. The first-order valence-electron chi connectivity index (χ1n) is 4.52. The van der Waals surface area contributed by atoms with Gasteiger partial charge in [0, 0.05) is 0 Å². The van der Waals surface area contributed by atoms with E-state index in [1.54, 1.807) is 0 Å². The molecule has 0 unspecified atom stereocenters. The number of aromatic carboxylic acids is 1. The lowest BCUT2D eigenvalue weighted by Gasteiger charge is -2.04. The molecular weight excluding hydrogens is 214 g/mol. The maximum atomic E-state index is 10.7. The number of pyridine rings is 1. The van der Waals surface area contributed by atoms with Crippen molar-refractivity contribution in [2.24, 2.45) is 0 Å². The summed E-state index contributed by atoms with van der Waals surface area (Å²) in [4.78, 5) is 24.9. The van der Waals surface area contributed by atoms with Crippen LogP contribution in [0, 0.1) is 0 Å². The second-order valence-electron chi connectivity index (χ2n) is 2.86.